The van der Waals surface area contributed by atoms with E-state index in [4.69, 9.17) is 4.74 Å². The zero-order valence-electron chi connectivity index (χ0n) is 10.1. The first-order valence-corrected chi connectivity index (χ1v) is 6.25. The summed E-state index contributed by atoms with van der Waals surface area (Å²) in [7, 11) is 0. The first-order chi connectivity index (χ1) is 7.16. The van der Waals surface area contributed by atoms with Gasteiger partial charge in [-0.15, -0.1) is 0 Å². The molecule has 0 saturated carbocycles. The predicted molar refractivity (Wildman–Crippen MR) is 62.1 cm³/mol. The van der Waals surface area contributed by atoms with Crippen LogP contribution in [-0.2, 0) is 4.74 Å². The van der Waals surface area contributed by atoms with Crippen LogP contribution in [0.25, 0.3) is 0 Å². The second kappa shape index (κ2) is 4.81. The van der Waals surface area contributed by atoms with Crippen molar-refractivity contribution in [2.75, 3.05) is 32.8 Å². The number of hydrogen-bond acceptors (Lipinski definition) is 3. The van der Waals surface area contributed by atoms with Crippen LogP contribution in [0.5, 0.6) is 0 Å². The zero-order valence-corrected chi connectivity index (χ0v) is 10.1. The van der Waals surface area contributed by atoms with Crippen LogP contribution >= 0.6 is 0 Å². The number of rotatable bonds is 2. The molecule has 0 aromatic heterocycles. The summed E-state index contributed by atoms with van der Waals surface area (Å²) in [6.45, 7) is 10.2. The Hall–Kier alpha value is -0.120. The second-order valence-corrected chi connectivity index (χ2v) is 5.53. The van der Waals surface area contributed by atoms with E-state index >= 15 is 0 Å². The van der Waals surface area contributed by atoms with Gasteiger partial charge >= 0.3 is 0 Å². The molecular formula is C12H24N2O. The first kappa shape index (κ1) is 11.4. The molecule has 3 heteroatoms. The fraction of sp³-hybridized carbons (Fsp3) is 1.00. The van der Waals surface area contributed by atoms with Gasteiger partial charge in [0, 0.05) is 25.2 Å². The van der Waals surface area contributed by atoms with Gasteiger partial charge in [-0.2, -0.15) is 0 Å². The van der Waals surface area contributed by atoms with E-state index in [9.17, 15) is 0 Å². The van der Waals surface area contributed by atoms with Crippen LogP contribution in [0.4, 0.5) is 0 Å². The first-order valence-electron chi connectivity index (χ1n) is 6.25. The molecule has 2 saturated heterocycles. The van der Waals surface area contributed by atoms with Gasteiger partial charge in [0.15, 0.2) is 0 Å². The highest BCUT2D eigenvalue weighted by molar-refractivity contribution is 4.86. The Kier molecular flexibility index (Phi) is 3.65. The minimum atomic E-state index is 0.259. The van der Waals surface area contributed by atoms with Crippen LogP contribution in [0.1, 0.15) is 33.1 Å². The molecule has 2 aliphatic rings. The van der Waals surface area contributed by atoms with Crippen molar-refractivity contribution in [3.05, 3.63) is 0 Å². The quantitative estimate of drug-likeness (QED) is 0.745. The summed E-state index contributed by atoms with van der Waals surface area (Å²) in [4.78, 5) is 2.57. The smallest absolute Gasteiger partial charge is 0.0702 e. The summed E-state index contributed by atoms with van der Waals surface area (Å²) in [6, 6.07) is 0. The van der Waals surface area contributed by atoms with Gasteiger partial charge < -0.3 is 10.1 Å². The highest BCUT2D eigenvalue weighted by Crippen LogP contribution is 2.16. The van der Waals surface area contributed by atoms with Crippen LogP contribution in [0, 0.1) is 0 Å². The van der Waals surface area contributed by atoms with Gasteiger partial charge in [-0.25, -0.2) is 0 Å². The van der Waals surface area contributed by atoms with Crippen molar-refractivity contribution >= 4 is 0 Å². The molecule has 0 radical (unpaired) electrons. The van der Waals surface area contributed by atoms with Crippen LogP contribution in [0.3, 0.4) is 0 Å². The van der Waals surface area contributed by atoms with Crippen molar-refractivity contribution in [1.29, 1.82) is 0 Å². The maximum absolute atomic E-state index is 5.70. The number of nitrogens with one attached hydrogen (secondary N) is 1. The average Bonchev–Trinajstić information content (AvgIpc) is 2.58. The van der Waals surface area contributed by atoms with Crippen molar-refractivity contribution in [1.82, 2.24) is 10.2 Å². The molecule has 1 N–H and O–H groups in total. The third kappa shape index (κ3) is 3.44. The lowest BCUT2D eigenvalue weighted by Crippen LogP contribution is -2.47. The van der Waals surface area contributed by atoms with Crippen molar-refractivity contribution in [3.8, 4) is 0 Å². The van der Waals surface area contributed by atoms with E-state index < -0.39 is 0 Å². The Labute approximate surface area is 93.2 Å². The second-order valence-electron chi connectivity index (χ2n) is 5.53. The zero-order chi connectivity index (χ0) is 10.7. The average molecular weight is 212 g/mol. The van der Waals surface area contributed by atoms with Crippen molar-refractivity contribution < 1.29 is 4.74 Å². The van der Waals surface area contributed by atoms with Crippen molar-refractivity contribution in [3.63, 3.8) is 0 Å². The van der Waals surface area contributed by atoms with E-state index in [0.29, 0.717) is 6.10 Å². The molecule has 2 aliphatic heterocycles. The third-order valence-electron chi connectivity index (χ3n) is 3.36. The molecule has 0 aliphatic carbocycles. The Morgan fingerprint density at radius 2 is 2.27 bits per heavy atom. The van der Waals surface area contributed by atoms with E-state index in [0.717, 1.165) is 26.2 Å². The van der Waals surface area contributed by atoms with Crippen molar-refractivity contribution in [2.24, 2.45) is 0 Å². The lowest BCUT2D eigenvalue weighted by atomic mass is 10.1. The molecule has 2 heterocycles. The van der Waals surface area contributed by atoms with Crippen molar-refractivity contribution in [2.45, 2.75) is 44.8 Å². The van der Waals surface area contributed by atoms with Gasteiger partial charge in [0.1, 0.15) is 0 Å². The molecule has 2 rings (SSSR count). The summed E-state index contributed by atoms with van der Waals surface area (Å²) in [5.74, 6) is 0. The minimum Gasteiger partial charge on any atom is -0.377 e. The Bertz CT molecular complexity index is 200. The van der Waals surface area contributed by atoms with E-state index in [2.05, 4.69) is 24.1 Å². The summed E-state index contributed by atoms with van der Waals surface area (Å²) in [6.07, 6.45) is 4.26. The fourth-order valence-electron chi connectivity index (χ4n) is 2.66. The minimum absolute atomic E-state index is 0.259. The Morgan fingerprint density at radius 1 is 1.40 bits per heavy atom. The molecule has 3 nitrogen and oxygen atoms in total. The maximum Gasteiger partial charge on any atom is 0.0702 e. The molecule has 2 fully saturated rings. The highest BCUT2D eigenvalue weighted by atomic mass is 16.5. The van der Waals surface area contributed by atoms with Gasteiger partial charge in [0.05, 0.1) is 6.10 Å². The van der Waals surface area contributed by atoms with E-state index in [1.54, 1.807) is 0 Å². The molecular weight excluding hydrogens is 188 g/mol. The number of hydrogen-bond donors (Lipinski definition) is 1. The normalized spacial score (nSPS) is 32.8. The standard InChI is InChI=1S/C12H24N2O/c1-12(2)10-14(7-4-6-13-12)9-11-5-3-8-15-11/h11,13H,3-10H2,1-2H3. The molecule has 0 amide bonds. The molecule has 0 spiro atoms. The lowest BCUT2D eigenvalue weighted by Gasteiger charge is -2.31. The van der Waals surface area contributed by atoms with Crippen LogP contribution in [0.15, 0.2) is 0 Å². The van der Waals surface area contributed by atoms with Crippen LogP contribution in [0.2, 0.25) is 0 Å². The molecule has 1 unspecified atom stereocenters. The highest BCUT2D eigenvalue weighted by Gasteiger charge is 2.26. The Balaban J connectivity index is 1.84. The molecule has 0 aromatic rings. The van der Waals surface area contributed by atoms with Gasteiger partial charge in [-0.3, -0.25) is 4.90 Å². The maximum atomic E-state index is 5.70. The lowest BCUT2D eigenvalue weighted by molar-refractivity contribution is 0.0688. The van der Waals surface area contributed by atoms with Gasteiger partial charge in [-0.05, 0) is 46.2 Å². The van der Waals surface area contributed by atoms with Gasteiger partial charge in [0.2, 0.25) is 0 Å². The van der Waals surface area contributed by atoms with Crippen LogP contribution in [-0.4, -0.2) is 49.3 Å². The molecule has 0 aromatic carbocycles. The molecule has 15 heavy (non-hydrogen) atoms. The number of nitrogens with zero attached hydrogens (tertiary/aromatic N) is 1. The van der Waals surface area contributed by atoms with Gasteiger partial charge in [0.25, 0.3) is 0 Å². The van der Waals surface area contributed by atoms with E-state index in [1.807, 2.05) is 0 Å². The summed E-state index contributed by atoms with van der Waals surface area (Å²) in [5, 5.41) is 3.59. The van der Waals surface area contributed by atoms with E-state index in [1.165, 1.54) is 25.8 Å². The number of ether oxygens (including phenoxy) is 1. The third-order valence-corrected chi connectivity index (χ3v) is 3.36. The molecule has 88 valence electrons. The topological polar surface area (TPSA) is 24.5 Å². The largest absolute Gasteiger partial charge is 0.377 e. The molecule has 0 bridgehead atoms. The molecule has 1 atom stereocenters. The summed E-state index contributed by atoms with van der Waals surface area (Å²) < 4.78 is 5.70. The fourth-order valence-corrected chi connectivity index (χ4v) is 2.66. The Morgan fingerprint density at radius 3 is 3.00 bits per heavy atom. The van der Waals surface area contributed by atoms with Crippen LogP contribution < -0.4 is 5.32 Å². The summed E-state index contributed by atoms with van der Waals surface area (Å²) in [5.41, 5.74) is 0.259. The summed E-state index contributed by atoms with van der Waals surface area (Å²) >= 11 is 0. The SMILES string of the molecule is CC1(C)CN(CC2CCCO2)CCCN1. The van der Waals surface area contributed by atoms with Gasteiger partial charge in [-0.1, -0.05) is 0 Å². The predicted octanol–water partition coefficient (Wildman–Crippen LogP) is 1.24. The van der Waals surface area contributed by atoms with E-state index in [-0.39, 0.29) is 5.54 Å². The monoisotopic (exact) mass is 212 g/mol.